The monoisotopic (exact) mass is 355 g/mol. The zero-order chi connectivity index (χ0) is 15.2. The smallest absolute Gasteiger partial charge is 0.224 e. The number of anilines is 2. The van der Waals surface area contributed by atoms with Gasteiger partial charge in [-0.25, -0.2) is 4.98 Å². The molecule has 0 spiro atoms. The van der Waals surface area contributed by atoms with Crippen molar-refractivity contribution in [3.05, 3.63) is 10.7 Å². The van der Waals surface area contributed by atoms with Crippen LogP contribution in [0.15, 0.2) is 10.7 Å². The number of nitrogens with two attached hydrogens (primary N) is 1. The van der Waals surface area contributed by atoms with E-state index in [1.165, 1.54) is 0 Å². The average molecular weight is 356 g/mol. The van der Waals surface area contributed by atoms with Crippen LogP contribution in [-0.2, 0) is 4.79 Å². The Morgan fingerprint density at radius 3 is 2.86 bits per heavy atom. The third-order valence-electron chi connectivity index (χ3n) is 3.66. The van der Waals surface area contributed by atoms with Gasteiger partial charge in [-0.15, -0.1) is 0 Å². The first-order chi connectivity index (χ1) is 10.1. The van der Waals surface area contributed by atoms with Gasteiger partial charge in [0, 0.05) is 32.3 Å². The van der Waals surface area contributed by atoms with Gasteiger partial charge in [-0.05, 0) is 41.1 Å². The molecule has 0 atom stereocenters. The maximum absolute atomic E-state index is 11.0. The van der Waals surface area contributed by atoms with Crippen LogP contribution in [0.5, 0.6) is 0 Å². The van der Waals surface area contributed by atoms with Gasteiger partial charge in [0.15, 0.2) is 0 Å². The van der Waals surface area contributed by atoms with E-state index < -0.39 is 0 Å². The lowest BCUT2D eigenvalue weighted by molar-refractivity contribution is -0.119. The summed E-state index contributed by atoms with van der Waals surface area (Å²) in [5.41, 5.74) is 5.27. The summed E-state index contributed by atoms with van der Waals surface area (Å²) < 4.78 is 0.901. The Hall–Kier alpha value is -1.37. The van der Waals surface area contributed by atoms with E-state index in [0.717, 1.165) is 49.2 Å². The molecule has 1 fully saturated rings. The van der Waals surface area contributed by atoms with Gasteiger partial charge >= 0.3 is 0 Å². The number of piperidine rings is 1. The molecular weight excluding hydrogens is 334 g/mol. The van der Waals surface area contributed by atoms with Gasteiger partial charge in [0.05, 0.1) is 4.47 Å². The van der Waals surface area contributed by atoms with Crippen molar-refractivity contribution in [3.63, 3.8) is 0 Å². The molecule has 2 rings (SSSR count). The summed E-state index contributed by atoms with van der Waals surface area (Å²) in [5.74, 6) is 1.77. The topological polar surface area (TPSA) is 84.1 Å². The van der Waals surface area contributed by atoms with Crippen molar-refractivity contribution in [2.24, 2.45) is 11.7 Å². The molecule has 0 aromatic carbocycles. The van der Waals surface area contributed by atoms with E-state index in [4.69, 9.17) is 5.73 Å². The Bertz CT molecular complexity index is 488. The number of aromatic nitrogens is 2. The lowest BCUT2D eigenvalue weighted by Gasteiger charge is -2.32. The highest BCUT2D eigenvalue weighted by atomic mass is 79.9. The van der Waals surface area contributed by atoms with Crippen LogP contribution < -0.4 is 16.0 Å². The summed E-state index contributed by atoms with van der Waals surface area (Å²) >= 11 is 3.52. The molecule has 116 valence electrons. The number of carbonyl (C=O) groups excluding carboxylic acids is 1. The number of hydrogen-bond acceptors (Lipinski definition) is 5. The van der Waals surface area contributed by atoms with Gasteiger partial charge in [-0.3, -0.25) is 4.79 Å². The highest BCUT2D eigenvalue weighted by Crippen LogP contribution is 2.29. The molecule has 0 aliphatic carbocycles. The zero-order valence-electron chi connectivity index (χ0n) is 12.3. The molecule has 1 aromatic heterocycles. The number of primary amides is 1. The lowest BCUT2D eigenvalue weighted by Crippen LogP contribution is -2.36. The van der Waals surface area contributed by atoms with Gasteiger partial charge in [0.2, 0.25) is 11.9 Å². The summed E-state index contributed by atoms with van der Waals surface area (Å²) in [7, 11) is 0. The molecule has 0 saturated carbocycles. The molecule has 1 aliphatic heterocycles. The molecule has 2 heterocycles. The van der Waals surface area contributed by atoms with Crippen molar-refractivity contribution in [1.82, 2.24) is 9.97 Å². The minimum atomic E-state index is -0.206. The van der Waals surface area contributed by atoms with Crippen molar-refractivity contribution in [1.29, 1.82) is 0 Å². The van der Waals surface area contributed by atoms with Crippen LogP contribution in [0.4, 0.5) is 11.8 Å². The maximum atomic E-state index is 11.0. The number of hydrogen-bond donors (Lipinski definition) is 2. The molecule has 0 bridgehead atoms. The fourth-order valence-corrected chi connectivity index (χ4v) is 2.98. The minimum Gasteiger partial charge on any atom is -0.370 e. The first-order valence-electron chi connectivity index (χ1n) is 7.39. The molecule has 0 radical (unpaired) electrons. The zero-order valence-corrected chi connectivity index (χ0v) is 13.9. The Morgan fingerprint density at radius 2 is 2.24 bits per heavy atom. The molecule has 6 nitrogen and oxygen atoms in total. The summed E-state index contributed by atoms with van der Waals surface area (Å²) in [6.45, 7) is 4.75. The molecule has 0 unspecified atom stereocenters. The fourth-order valence-electron chi connectivity index (χ4n) is 2.54. The van der Waals surface area contributed by atoms with E-state index >= 15 is 0 Å². The van der Waals surface area contributed by atoms with E-state index in [1.807, 2.05) is 0 Å². The van der Waals surface area contributed by atoms with Crippen molar-refractivity contribution >= 4 is 33.6 Å². The van der Waals surface area contributed by atoms with Gasteiger partial charge < -0.3 is 16.0 Å². The number of carbonyl (C=O) groups is 1. The van der Waals surface area contributed by atoms with Gasteiger partial charge in [-0.2, -0.15) is 4.98 Å². The minimum absolute atomic E-state index is 0.206. The Labute approximate surface area is 133 Å². The predicted octanol–water partition coefficient (Wildman–Crippen LogP) is 2.15. The Kier molecular flexibility index (Phi) is 5.78. The summed E-state index contributed by atoms with van der Waals surface area (Å²) in [5, 5.41) is 3.20. The second-order valence-electron chi connectivity index (χ2n) is 5.39. The second-order valence-corrected chi connectivity index (χ2v) is 6.25. The summed E-state index contributed by atoms with van der Waals surface area (Å²) in [6.07, 6.45) is 5.25. The lowest BCUT2D eigenvalue weighted by atomic mass is 9.93. The van der Waals surface area contributed by atoms with Crippen LogP contribution in [0.25, 0.3) is 0 Å². The number of nitrogens with zero attached hydrogens (tertiary/aromatic N) is 3. The maximum Gasteiger partial charge on any atom is 0.224 e. The third-order valence-corrected chi connectivity index (χ3v) is 4.22. The molecule has 7 heteroatoms. The highest BCUT2D eigenvalue weighted by Gasteiger charge is 2.23. The standard InChI is InChI=1S/C14H22BrN5O/c1-2-5-17-14-18-9-11(15)13(19-14)20-6-3-10(4-7-20)8-12(16)21/h9-10H,2-8H2,1H3,(H2,16,21)(H,17,18,19). The summed E-state index contributed by atoms with van der Waals surface area (Å²) in [4.78, 5) is 22.1. The van der Waals surface area contributed by atoms with Gasteiger partial charge in [-0.1, -0.05) is 6.92 Å². The largest absolute Gasteiger partial charge is 0.370 e. The molecule has 1 aromatic rings. The summed E-state index contributed by atoms with van der Waals surface area (Å²) in [6, 6.07) is 0. The van der Waals surface area contributed by atoms with E-state index in [-0.39, 0.29) is 5.91 Å². The molecule has 3 N–H and O–H groups in total. The van der Waals surface area contributed by atoms with Crippen molar-refractivity contribution in [2.45, 2.75) is 32.6 Å². The number of rotatable bonds is 6. The van der Waals surface area contributed by atoms with Crippen LogP contribution in [-0.4, -0.2) is 35.5 Å². The van der Waals surface area contributed by atoms with Crippen LogP contribution >= 0.6 is 15.9 Å². The first-order valence-corrected chi connectivity index (χ1v) is 8.19. The fraction of sp³-hybridized carbons (Fsp3) is 0.643. The number of halogens is 1. The van der Waals surface area contributed by atoms with Crippen LogP contribution in [0.3, 0.4) is 0 Å². The van der Waals surface area contributed by atoms with E-state index in [1.54, 1.807) is 6.20 Å². The third kappa shape index (κ3) is 4.56. The SMILES string of the molecule is CCCNc1ncc(Br)c(N2CCC(CC(N)=O)CC2)n1. The molecule has 1 amide bonds. The average Bonchev–Trinajstić information content (AvgIpc) is 2.47. The van der Waals surface area contributed by atoms with Crippen molar-refractivity contribution in [2.75, 3.05) is 29.9 Å². The van der Waals surface area contributed by atoms with Gasteiger partial charge in [0.1, 0.15) is 5.82 Å². The normalized spacial score (nSPS) is 16.0. The van der Waals surface area contributed by atoms with Crippen molar-refractivity contribution < 1.29 is 4.79 Å². The Morgan fingerprint density at radius 1 is 1.52 bits per heavy atom. The number of amides is 1. The first kappa shape index (κ1) is 16.0. The molecule has 1 saturated heterocycles. The predicted molar refractivity (Wildman–Crippen MR) is 87.3 cm³/mol. The van der Waals surface area contributed by atoms with E-state index in [9.17, 15) is 4.79 Å². The second kappa shape index (κ2) is 7.59. The van der Waals surface area contributed by atoms with Crippen LogP contribution in [0.1, 0.15) is 32.6 Å². The quantitative estimate of drug-likeness (QED) is 0.816. The molecule has 21 heavy (non-hydrogen) atoms. The molecular formula is C14H22BrN5O. The Balaban J connectivity index is 2.00. The van der Waals surface area contributed by atoms with Gasteiger partial charge in [0.25, 0.3) is 0 Å². The van der Waals surface area contributed by atoms with E-state index in [2.05, 4.69) is 43.0 Å². The van der Waals surface area contributed by atoms with Crippen molar-refractivity contribution in [3.8, 4) is 0 Å². The van der Waals surface area contributed by atoms with E-state index in [0.29, 0.717) is 18.3 Å². The number of nitrogens with one attached hydrogen (secondary N) is 1. The highest BCUT2D eigenvalue weighted by molar-refractivity contribution is 9.10. The van der Waals surface area contributed by atoms with Crippen LogP contribution in [0.2, 0.25) is 0 Å². The van der Waals surface area contributed by atoms with Crippen LogP contribution in [0, 0.1) is 5.92 Å². The molecule has 1 aliphatic rings.